The van der Waals surface area contributed by atoms with Crippen LogP contribution in [0.25, 0.3) is 0 Å². The maximum Gasteiger partial charge on any atom is 0.284 e. The van der Waals surface area contributed by atoms with E-state index in [2.05, 4.69) is 10.3 Å². The Bertz CT molecular complexity index is 802. The van der Waals surface area contributed by atoms with Crippen LogP contribution >= 0.6 is 23.3 Å². The van der Waals surface area contributed by atoms with Crippen LogP contribution in [-0.4, -0.2) is 14.9 Å². The van der Waals surface area contributed by atoms with Gasteiger partial charge in [-0.15, -0.1) is 11.3 Å². The molecule has 0 saturated carbocycles. The van der Waals surface area contributed by atoms with Crippen LogP contribution in [0.1, 0.15) is 9.80 Å². The number of thiazole rings is 1. The van der Waals surface area contributed by atoms with E-state index >= 15 is 0 Å². The molecule has 1 aromatic carbocycles. The van der Waals surface area contributed by atoms with E-state index in [1.807, 2.05) is 0 Å². The van der Waals surface area contributed by atoms with Crippen LogP contribution in [0.2, 0.25) is 0 Å². The minimum atomic E-state index is -0.894. The zero-order valence-electron chi connectivity index (χ0n) is 11.0. The van der Waals surface area contributed by atoms with Crippen LogP contribution in [0.3, 0.4) is 0 Å². The van der Waals surface area contributed by atoms with E-state index in [9.17, 15) is 13.6 Å². The molecule has 2 aromatic heterocycles. The van der Waals surface area contributed by atoms with Crippen LogP contribution in [0, 0.1) is 11.6 Å². The van der Waals surface area contributed by atoms with Crippen LogP contribution < -0.4 is 5.32 Å². The molecule has 0 fully saturated rings. The van der Waals surface area contributed by atoms with E-state index in [0.29, 0.717) is 15.6 Å². The Morgan fingerprint density at radius 2 is 2.14 bits per heavy atom. The van der Waals surface area contributed by atoms with Crippen LogP contribution in [0.15, 0.2) is 53.1 Å². The number of hydrogen-bond donors (Lipinski definition) is 1. The second-order valence-electron chi connectivity index (χ2n) is 4.22. The number of nitrogens with zero attached hydrogens (tertiary/aromatic N) is 2. The number of carbonyl (C=O) groups is 1. The maximum absolute atomic E-state index is 13.2. The molecule has 8 heteroatoms. The average molecular weight is 337 g/mol. The fourth-order valence-corrected chi connectivity index (χ4v) is 3.03. The smallest absolute Gasteiger partial charge is 0.284 e. The number of amides is 1. The molecule has 22 heavy (non-hydrogen) atoms. The molecule has 0 aliphatic carbocycles. The normalized spacial score (nSPS) is 10.6. The van der Waals surface area contributed by atoms with Gasteiger partial charge in [-0.3, -0.25) is 8.77 Å². The summed E-state index contributed by atoms with van der Waals surface area (Å²) in [6.45, 7) is 0. The van der Waals surface area contributed by atoms with Crippen molar-refractivity contribution in [3.05, 3.63) is 64.9 Å². The summed E-state index contributed by atoms with van der Waals surface area (Å²) in [6.07, 6.45) is 4.95. The van der Waals surface area contributed by atoms with Gasteiger partial charge in [-0.25, -0.2) is 13.8 Å². The van der Waals surface area contributed by atoms with Crippen molar-refractivity contribution in [3.63, 3.8) is 0 Å². The predicted octanol–water partition coefficient (Wildman–Crippen LogP) is 4.03. The van der Waals surface area contributed by atoms with Gasteiger partial charge in [0.1, 0.15) is 0 Å². The third kappa shape index (κ3) is 3.34. The lowest BCUT2D eigenvalue weighted by Gasteiger charge is -2.03. The summed E-state index contributed by atoms with van der Waals surface area (Å²) >= 11 is 2.45. The Labute approximate surface area is 132 Å². The Kier molecular flexibility index (Phi) is 4.21. The number of hydrogen-bond acceptors (Lipinski definition) is 4. The van der Waals surface area contributed by atoms with E-state index in [0.717, 1.165) is 12.1 Å². The van der Waals surface area contributed by atoms with Crippen LogP contribution in [-0.2, 0) is 0 Å². The van der Waals surface area contributed by atoms with Crippen molar-refractivity contribution >= 4 is 34.9 Å². The number of benzene rings is 1. The number of aromatic nitrogens is 2. The molecule has 3 aromatic rings. The monoisotopic (exact) mass is 337 g/mol. The number of nitrogens with one attached hydrogen (secondary N) is 1. The van der Waals surface area contributed by atoms with Crippen molar-refractivity contribution in [3.8, 4) is 0 Å². The first-order valence-electron chi connectivity index (χ1n) is 6.14. The van der Waals surface area contributed by atoms with Gasteiger partial charge in [0.15, 0.2) is 16.6 Å². The van der Waals surface area contributed by atoms with Crippen LogP contribution in [0.5, 0.6) is 0 Å². The molecular formula is C14H9F2N3OS2. The summed E-state index contributed by atoms with van der Waals surface area (Å²) < 4.78 is 27.7. The highest BCUT2D eigenvalue weighted by molar-refractivity contribution is 7.97. The first kappa shape index (κ1) is 14.7. The first-order chi connectivity index (χ1) is 10.6. The lowest BCUT2D eigenvalue weighted by Crippen LogP contribution is -2.10. The SMILES string of the molecule is O=C(Nc1ccn(Sc2ccc(F)c(F)c2)c1)c1nccs1. The molecule has 0 unspecified atom stereocenters. The molecule has 1 amide bonds. The molecule has 0 radical (unpaired) electrons. The summed E-state index contributed by atoms with van der Waals surface area (Å²) in [5, 5.41) is 4.81. The van der Waals surface area contributed by atoms with E-state index in [-0.39, 0.29) is 5.91 Å². The molecule has 2 heterocycles. The van der Waals surface area contributed by atoms with Gasteiger partial charge in [0.05, 0.1) is 5.69 Å². The van der Waals surface area contributed by atoms with Gasteiger partial charge < -0.3 is 5.32 Å². The Hall–Kier alpha value is -2.19. The molecule has 0 spiro atoms. The van der Waals surface area contributed by atoms with Gasteiger partial charge in [0.25, 0.3) is 5.91 Å². The minimum Gasteiger partial charge on any atom is -0.319 e. The van der Waals surface area contributed by atoms with Gasteiger partial charge in [-0.2, -0.15) is 0 Å². The Morgan fingerprint density at radius 1 is 1.27 bits per heavy atom. The Balaban J connectivity index is 1.68. The summed E-state index contributed by atoms with van der Waals surface area (Å²) in [7, 11) is 0. The topological polar surface area (TPSA) is 46.9 Å². The van der Waals surface area contributed by atoms with Crippen molar-refractivity contribution in [1.29, 1.82) is 0 Å². The van der Waals surface area contributed by atoms with Crippen molar-refractivity contribution in [2.45, 2.75) is 4.90 Å². The van der Waals surface area contributed by atoms with Crippen molar-refractivity contribution in [2.24, 2.45) is 0 Å². The highest BCUT2D eigenvalue weighted by Gasteiger charge is 2.10. The Morgan fingerprint density at radius 3 is 2.86 bits per heavy atom. The van der Waals surface area contributed by atoms with Crippen molar-refractivity contribution in [1.82, 2.24) is 8.96 Å². The van der Waals surface area contributed by atoms with Gasteiger partial charge in [-0.05, 0) is 36.2 Å². The van der Waals surface area contributed by atoms with Gasteiger partial charge in [0, 0.05) is 28.9 Å². The summed E-state index contributed by atoms with van der Waals surface area (Å²) in [4.78, 5) is 16.3. The molecule has 0 bridgehead atoms. The zero-order valence-corrected chi connectivity index (χ0v) is 12.6. The number of halogens is 2. The third-order valence-corrected chi connectivity index (χ3v) is 4.33. The van der Waals surface area contributed by atoms with E-state index in [4.69, 9.17) is 0 Å². The van der Waals surface area contributed by atoms with Gasteiger partial charge in [-0.1, -0.05) is 0 Å². The standard InChI is InChI=1S/C14H9F2N3OS2/c15-11-2-1-10(7-12(11)16)22-19-5-3-9(8-19)18-13(20)14-17-4-6-21-14/h1-8H,(H,18,20). The van der Waals surface area contributed by atoms with Crippen molar-refractivity contribution in [2.75, 3.05) is 5.32 Å². The molecule has 3 rings (SSSR count). The molecule has 0 aliphatic rings. The molecule has 4 nitrogen and oxygen atoms in total. The summed E-state index contributed by atoms with van der Waals surface area (Å²) in [5.41, 5.74) is 0.593. The largest absolute Gasteiger partial charge is 0.319 e. The van der Waals surface area contributed by atoms with Gasteiger partial charge >= 0.3 is 0 Å². The fraction of sp³-hybridized carbons (Fsp3) is 0. The van der Waals surface area contributed by atoms with Crippen LogP contribution in [0.4, 0.5) is 14.5 Å². The molecule has 1 N–H and O–H groups in total. The predicted molar refractivity (Wildman–Crippen MR) is 82.1 cm³/mol. The molecule has 0 atom stereocenters. The van der Waals surface area contributed by atoms with Crippen molar-refractivity contribution < 1.29 is 13.6 Å². The molecular weight excluding hydrogens is 328 g/mol. The third-order valence-electron chi connectivity index (χ3n) is 2.65. The average Bonchev–Trinajstić information content (AvgIpc) is 3.15. The second kappa shape index (κ2) is 6.29. The number of anilines is 1. The molecule has 0 aliphatic heterocycles. The number of carbonyl (C=O) groups excluding carboxylic acids is 1. The summed E-state index contributed by atoms with van der Waals surface area (Å²) in [6, 6.07) is 5.38. The highest BCUT2D eigenvalue weighted by Crippen LogP contribution is 2.24. The zero-order chi connectivity index (χ0) is 15.5. The van der Waals surface area contributed by atoms with E-state index < -0.39 is 11.6 Å². The quantitative estimate of drug-likeness (QED) is 0.782. The maximum atomic E-state index is 13.2. The summed E-state index contributed by atoms with van der Waals surface area (Å²) in [5.74, 6) is -2.06. The lowest BCUT2D eigenvalue weighted by atomic mass is 10.3. The lowest BCUT2D eigenvalue weighted by molar-refractivity contribution is 0.102. The van der Waals surface area contributed by atoms with E-state index in [1.165, 1.54) is 29.4 Å². The number of rotatable bonds is 4. The van der Waals surface area contributed by atoms with E-state index in [1.54, 1.807) is 34.0 Å². The van der Waals surface area contributed by atoms with Gasteiger partial charge in [0.2, 0.25) is 0 Å². The first-order valence-corrected chi connectivity index (χ1v) is 7.79. The fourth-order valence-electron chi connectivity index (χ4n) is 1.68. The second-order valence-corrected chi connectivity index (χ2v) is 6.19. The molecule has 112 valence electrons. The molecule has 0 saturated heterocycles. The highest BCUT2D eigenvalue weighted by atomic mass is 32.2. The minimum absolute atomic E-state index is 0.287.